The van der Waals surface area contributed by atoms with E-state index in [9.17, 15) is 4.79 Å². The first kappa shape index (κ1) is 14.9. The number of nitrogens with two attached hydrogens (primary N) is 1. The van der Waals surface area contributed by atoms with Crippen LogP contribution in [0.1, 0.15) is 44.8 Å². The fraction of sp³-hybridized carbons (Fsp3) is 0.429. The largest absolute Gasteiger partial charge is 0.344 e. The van der Waals surface area contributed by atoms with Gasteiger partial charge in [-0.15, -0.1) is 5.10 Å². The van der Waals surface area contributed by atoms with Crippen LogP contribution in [0, 0.1) is 0 Å². The van der Waals surface area contributed by atoms with E-state index < -0.39 is 0 Å². The lowest BCUT2D eigenvalue weighted by molar-refractivity contribution is 0.534. The van der Waals surface area contributed by atoms with E-state index >= 15 is 0 Å². The third-order valence-corrected chi connectivity index (χ3v) is 4.12. The molecule has 108 valence electrons. The Morgan fingerprint density at radius 1 is 1.35 bits per heavy atom. The highest BCUT2D eigenvalue weighted by Crippen LogP contribution is 2.27. The maximum Gasteiger partial charge on any atom is 0.344 e. The summed E-state index contributed by atoms with van der Waals surface area (Å²) in [6, 6.07) is 8.24. The molecule has 2 aromatic rings. The summed E-state index contributed by atoms with van der Waals surface area (Å²) >= 11 is 1.47. The maximum absolute atomic E-state index is 11.7. The van der Waals surface area contributed by atoms with E-state index in [0.29, 0.717) is 5.16 Å². The second kappa shape index (κ2) is 6.28. The highest BCUT2D eigenvalue weighted by molar-refractivity contribution is 7.99. The van der Waals surface area contributed by atoms with E-state index in [-0.39, 0.29) is 17.8 Å². The van der Waals surface area contributed by atoms with Gasteiger partial charge in [-0.25, -0.2) is 9.89 Å². The van der Waals surface area contributed by atoms with Crippen molar-refractivity contribution in [3.8, 4) is 0 Å². The van der Waals surface area contributed by atoms with Gasteiger partial charge in [0.1, 0.15) is 0 Å². The Bertz CT molecular complexity index is 615. The Morgan fingerprint density at radius 2 is 2.00 bits per heavy atom. The molecular formula is C14H20N4OS. The summed E-state index contributed by atoms with van der Waals surface area (Å²) in [6.07, 6.45) is 0.915. The highest BCUT2D eigenvalue weighted by atomic mass is 32.2. The predicted molar refractivity (Wildman–Crippen MR) is 81.0 cm³/mol. The fourth-order valence-corrected chi connectivity index (χ4v) is 2.91. The molecule has 1 heterocycles. The van der Waals surface area contributed by atoms with Gasteiger partial charge in [0, 0.05) is 17.0 Å². The molecule has 1 aromatic carbocycles. The summed E-state index contributed by atoms with van der Waals surface area (Å²) in [7, 11) is 0. The van der Waals surface area contributed by atoms with E-state index in [0.717, 1.165) is 16.9 Å². The molecule has 0 fully saturated rings. The number of aromatic nitrogens is 3. The van der Waals surface area contributed by atoms with Gasteiger partial charge in [0.05, 0.1) is 0 Å². The average molecular weight is 292 g/mol. The third kappa shape index (κ3) is 3.13. The number of rotatable bonds is 5. The summed E-state index contributed by atoms with van der Waals surface area (Å²) in [5, 5.41) is 7.24. The number of H-pyrrole nitrogens is 1. The minimum absolute atomic E-state index is 0.0771. The van der Waals surface area contributed by atoms with Crippen molar-refractivity contribution in [2.45, 2.75) is 49.3 Å². The van der Waals surface area contributed by atoms with Gasteiger partial charge in [-0.05, 0) is 49.7 Å². The number of aromatic amines is 1. The second-order valence-electron chi connectivity index (χ2n) is 4.96. The number of benzene rings is 1. The van der Waals surface area contributed by atoms with Gasteiger partial charge in [-0.1, -0.05) is 19.1 Å². The third-order valence-electron chi connectivity index (χ3n) is 3.15. The molecule has 0 amide bonds. The van der Waals surface area contributed by atoms with Crippen molar-refractivity contribution in [3.05, 3.63) is 40.3 Å². The first-order valence-electron chi connectivity index (χ1n) is 6.73. The minimum atomic E-state index is -0.174. The summed E-state index contributed by atoms with van der Waals surface area (Å²) in [5.41, 5.74) is 6.95. The molecule has 2 rings (SSSR count). The molecule has 0 radical (unpaired) electrons. The van der Waals surface area contributed by atoms with E-state index in [1.807, 2.05) is 38.1 Å². The lowest BCUT2D eigenvalue weighted by Crippen LogP contribution is -2.19. The van der Waals surface area contributed by atoms with Gasteiger partial charge in [0.25, 0.3) is 0 Å². The smallest absolute Gasteiger partial charge is 0.324 e. The maximum atomic E-state index is 11.7. The molecule has 0 saturated carbocycles. The Labute approximate surface area is 122 Å². The first-order valence-corrected chi connectivity index (χ1v) is 7.54. The quantitative estimate of drug-likeness (QED) is 0.888. The highest BCUT2D eigenvalue weighted by Gasteiger charge is 2.12. The normalized spacial score (nSPS) is 12.8. The van der Waals surface area contributed by atoms with Crippen molar-refractivity contribution >= 4 is 11.8 Å². The summed E-state index contributed by atoms with van der Waals surface area (Å²) in [4.78, 5) is 12.7. The number of hydrogen-bond acceptors (Lipinski definition) is 4. The van der Waals surface area contributed by atoms with Gasteiger partial charge in [-0.2, -0.15) is 0 Å². The van der Waals surface area contributed by atoms with Crippen LogP contribution in [0.25, 0.3) is 0 Å². The van der Waals surface area contributed by atoms with Gasteiger partial charge in [0.2, 0.25) is 0 Å². The molecule has 6 heteroatoms. The summed E-state index contributed by atoms with van der Waals surface area (Å²) in [6.45, 7) is 5.99. The summed E-state index contributed by atoms with van der Waals surface area (Å²) < 4.78 is 1.65. The van der Waals surface area contributed by atoms with Crippen molar-refractivity contribution < 1.29 is 0 Å². The van der Waals surface area contributed by atoms with Gasteiger partial charge in [-0.3, -0.25) is 4.57 Å². The summed E-state index contributed by atoms with van der Waals surface area (Å²) in [5.74, 6) is 0. The number of nitrogens with zero attached hydrogens (tertiary/aromatic N) is 2. The molecule has 0 aliphatic carbocycles. The standard InChI is InChI=1S/C14H20N4OS/c1-4-12(15)10-5-7-11(8-6-10)20-14-17-16-13(19)18(14)9(2)3/h5-9,12H,4,15H2,1-3H3,(H,16,19). The lowest BCUT2D eigenvalue weighted by Gasteiger charge is -2.11. The fourth-order valence-electron chi connectivity index (χ4n) is 1.94. The van der Waals surface area contributed by atoms with Crippen LogP contribution in [0.15, 0.2) is 39.1 Å². The van der Waals surface area contributed by atoms with Crippen LogP contribution < -0.4 is 11.4 Å². The van der Waals surface area contributed by atoms with Crippen LogP contribution in [-0.4, -0.2) is 14.8 Å². The molecule has 0 aliphatic rings. The van der Waals surface area contributed by atoms with Crippen LogP contribution in [0.2, 0.25) is 0 Å². The monoisotopic (exact) mass is 292 g/mol. The molecule has 0 spiro atoms. The number of hydrogen-bond donors (Lipinski definition) is 2. The molecule has 1 atom stereocenters. The van der Waals surface area contributed by atoms with E-state index in [2.05, 4.69) is 17.1 Å². The van der Waals surface area contributed by atoms with E-state index in [4.69, 9.17) is 5.73 Å². The molecule has 0 aliphatic heterocycles. The topological polar surface area (TPSA) is 76.7 Å². The minimum Gasteiger partial charge on any atom is -0.324 e. The van der Waals surface area contributed by atoms with Crippen LogP contribution in [-0.2, 0) is 0 Å². The van der Waals surface area contributed by atoms with Crippen molar-refractivity contribution in [1.82, 2.24) is 14.8 Å². The molecule has 0 bridgehead atoms. The zero-order valence-electron chi connectivity index (χ0n) is 12.0. The zero-order valence-corrected chi connectivity index (χ0v) is 12.8. The molecule has 5 nitrogen and oxygen atoms in total. The van der Waals surface area contributed by atoms with Crippen molar-refractivity contribution in [1.29, 1.82) is 0 Å². The van der Waals surface area contributed by atoms with Crippen molar-refractivity contribution in [2.24, 2.45) is 5.73 Å². The zero-order chi connectivity index (χ0) is 14.7. The SMILES string of the molecule is CCC(N)c1ccc(Sc2n[nH]c(=O)n2C(C)C)cc1. The van der Waals surface area contributed by atoms with Gasteiger partial charge in [0.15, 0.2) is 5.16 Å². The Hall–Kier alpha value is -1.53. The molecule has 20 heavy (non-hydrogen) atoms. The molecular weight excluding hydrogens is 272 g/mol. The Balaban J connectivity index is 2.21. The van der Waals surface area contributed by atoms with E-state index in [1.54, 1.807) is 4.57 Å². The van der Waals surface area contributed by atoms with E-state index in [1.165, 1.54) is 11.8 Å². The van der Waals surface area contributed by atoms with Gasteiger partial charge < -0.3 is 5.73 Å². The van der Waals surface area contributed by atoms with Crippen molar-refractivity contribution in [3.63, 3.8) is 0 Å². The lowest BCUT2D eigenvalue weighted by atomic mass is 10.1. The van der Waals surface area contributed by atoms with Gasteiger partial charge >= 0.3 is 5.69 Å². The first-order chi connectivity index (χ1) is 9.52. The van der Waals surface area contributed by atoms with Crippen LogP contribution in [0.5, 0.6) is 0 Å². The van der Waals surface area contributed by atoms with Crippen LogP contribution in [0.4, 0.5) is 0 Å². The Kier molecular flexibility index (Phi) is 4.67. The second-order valence-corrected chi connectivity index (χ2v) is 6.00. The average Bonchev–Trinajstić information content (AvgIpc) is 2.79. The molecule has 1 unspecified atom stereocenters. The van der Waals surface area contributed by atoms with Crippen LogP contribution in [0.3, 0.4) is 0 Å². The molecule has 3 N–H and O–H groups in total. The predicted octanol–water partition coefficient (Wildman–Crippen LogP) is 2.71. The van der Waals surface area contributed by atoms with Crippen molar-refractivity contribution in [2.75, 3.05) is 0 Å². The van der Waals surface area contributed by atoms with Crippen LogP contribution >= 0.6 is 11.8 Å². The number of nitrogens with one attached hydrogen (secondary N) is 1. The molecule has 0 saturated heterocycles. The Morgan fingerprint density at radius 3 is 2.55 bits per heavy atom. The molecule has 1 aromatic heterocycles.